The summed E-state index contributed by atoms with van der Waals surface area (Å²) in [6.45, 7) is 5.45. The van der Waals surface area contributed by atoms with E-state index < -0.39 is 5.60 Å². The first-order chi connectivity index (χ1) is 8.73. The van der Waals surface area contributed by atoms with E-state index in [0.29, 0.717) is 22.8 Å². The van der Waals surface area contributed by atoms with Crippen LogP contribution < -0.4 is 0 Å². The minimum atomic E-state index is -0.492. The average molecular weight is 303 g/mol. The van der Waals surface area contributed by atoms with Crippen LogP contribution in [0.1, 0.15) is 43.1 Å². The zero-order valence-corrected chi connectivity index (χ0v) is 12.6. The van der Waals surface area contributed by atoms with Gasteiger partial charge >= 0.3 is 5.97 Å². The molecule has 0 saturated carbocycles. The Kier molecular flexibility index (Phi) is 5.39. The molecule has 0 bridgehead atoms. The number of carbonyl (C=O) groups excluding carboxylic acids is 2. The number of ether oxygens (including phenoxy) is 1. The SMILES string of the molecule is CC(C)(C)OC(=O)CCc1cc(Cl)c(C=O)c(Cl)c1. The number of carbonyl (C=O) groups is 2. The molecular formula is C14H16Cl2O3. The Labute approximate surface area is 122 Å². The molecule has 0 aliphatic carbocycles. The number of hydrogen-bond donors (Lipinski definition) is 0. The van der Waals surface area contributed by atoms with Crippen LogP contribution in [0.15, 0.2) is 12.1 Å². The Morgan fingerprint density at radius 3 is 2.21 bits per heavy atom. The van der Waals surface area contributed by atoms with Gasteiger partial charge in [-0.3, -0.25) is 9.59 Å². The van der Waals surface area contributed by atoms with Gasteiger partial charge < -0.3 is 4.74 Å². The topological polar surface area (TPSA) is 43.4 Å². The number of aryl methyl sites for hydroxylation is 1. The molecule has 0 atom stereocenters. The second-order valence-corrected chi connectivity index (χ2v) is 5.99. The molecule has 0 amide bonds. The number of rotatable bonds is 4. The summed E-state index contributed by atoms with van der Waals surface area (Å²) in [6, 6.07) is 3.28. The normalized spacial score (nSPS) is 11.2. The van der Waals surface area contributed by atoms with Crippen molar-refractivity contribution in [3.8, 4) is 0 Å². The van der Waals surface area contributed by atoms with Crippen molar-refractivity contribution in [3.05, 3.63) is 33.3 Å². The lowest BCUT2D eigenvalue weighted by Crippen LogP contribution is -2.24. The summed E-state index contributed by atoms with van der Waals surface area (Å²) in [5.74, 6) is -0.279. The Hall–Kier alpha value is -1.06. The Morgan fingerprint density at radius 1 is 1.26 bits per heavy atom. The summed E-state index contributed by atoms with van der Waals surface area (Å²) in [5.41, 5.74) is 0.573. The van der Waals surface area contributed by atoms with Crippen molar-refractivity contribution in [3.63, 3.8) is 0 Å². The van der Waals surface area contributed by atoms with Gasteiger partial charge in [-0.25, -0.2) is 0 Å². The van der Waals surface area contributed by atoms with Gasteiger partial charge in [0.15, 0.2) is 6.29 Å². The average Bonchev–Trinajstić information content (AvgIpc) is 2.23. The Bertz CT molecular complexity index is 467. The zero-order chi connectivity index (χ0) is 14.6. The van der Waals surface area contributed by atoms with Gasteiger partial charge in [0.05, 0.1) is 15.6 Å². The first kappa shape index (κ1) is 16.0. The number of hydrogen-bond acceptors (Lipinski definition) is 3. The highest BCUT2D eigenvalue weighted by Crippen LogP contribution is 2.25. The van der Waals surface area contributed by atoms with Crippen molar-refractivity contribution in [2.45, 2.75) is 39.2 Å². The summed E-state index contributed by atoms with van der Waals surface area (Å²) in [5, 5.41) is 0.586. The molecule has 1 rings (SSSR count). The van der Waals surface area contributed by atoms with Crippen molar-refractivity contribution in [1.29, 1.82) is 0 Å². The van der Waals surface area contributed by atoms with Gasteiger partial charge in [-0.2, -0.15) is 0 Å². The van der Waals surface area contributed by atoms with Crippen LogP contribution in [0.3, 0.4) is 0 Å². The van der Waals surface area contributed by atoms with E-state index in [-0.39, 0.29) is 18.0 Å². The summed E-state index contributed by atoms with van der Waals surface area (Å²) >= 11 is 11.8. The second kappa shape index (κ2) is 6.40. The molecule has 0 unspecified atom stereocenters. The van der Waals surface area contributed by atoms with E-state index in [1.165, 1.54) is 0 Å². The molecule has 104 valence electrons. The molecule has 0 aromatic heterocycles. The van der Waals surface area contributed by atoms with E-state index in [1.54, 1.807) is 12.1 Å². The molecule has 0 saturated heterocycles. The van der Waals surface area contributed by atoms with Gasteiger partial charge in [0.25, 0.3) is 0 Å². The summed E-state index contributed by atoms with van der Waals surface area (Å²) in [4.78, 5) is 22.3. The lowest BCUT2D eigenvalue weighted by Gasteiger charge is -2.19. The van der Waals surface area contributed by atoms with Crippen LogP contribution in [0, 0.1) is 0 Å². The van der Waals surface area contributed by atoms with E-state index in [4.69, 9.17) is 27.9 Å². The van der Waals surface area contributed by atoms with Crippen LogP contribution in [-0.2, 0) is 16.0 Å². The van der Waals surface area contributed by atoms with Gasteiger partial charge in [-0.15, -0.1) is 0 Å². The molecule has 3 nitrogen and oxygen atoms in total. The third-order valence-corrected chi connectivity index (χ3v) is 2.92. The second-order valence-electron chi connectivity index (χ2n) is 5.18. The minimum Gasteiger partial charge on any atom is -0.460 e. The highest BCUT2D eigenvalue weighted by Gasteiger charge is 2.16. The van der Waals surface area contributed by atoms with E-state index in [0.717, 1.165) is 5.56 Å². The standard InChI is InChI=1S/C14H16Cl2O3/c1-14(2,3)19-13(18)5-4-9-6-11(15)10(8-17)12(16)7-9/h6-8H,4-5H2,1-3H3. The molecule has 0 aliphatic rings. The molecule has 1 aromatic rings. The molecule has 19 heavy (non-hydrogen) atoms. The number of aldehydes is 1. The molecule has 0 heterocycles. The third-order valence-electron chi connectivity index (χ3n) is 2.29. The van der Waals surface area contributed by atoms with E-state index in [1.807, 2.05) is 20.8 Å². The molecular weight excluding hydrogens is 287 g/mol. The molecule has 0 aliphatic heterocycles. The smallest absolute Gasteiger partial charge is 0.306 e. The largest absolute Gasteiger partial charge is 0.460 e. The van der Waals surface area contributed by atoms with Gasteiger partial charge in [-0.05, 0) is 44.9 Å². The van der Waals surface area contributed by atoms with E-state index in [2.05, 4.69) is 0 Å². The molecule has 0 spiro atoms. The van der Waals surface area contributed by atoms with E-state index in [9.17, 15) is 9.59 Å². The maximum absolute atomic E-state index is 11.6. The fraction of sp³-hybridized carbons (Fsp3) is 0.429. The Balaban J connectivity index is 2.69. The van der Waals surface area contributed by atoms with Crippen LogP contribution in [-0.4, -0.2) is 17.9 Å². The first-order valence-electron chi connectivity index (χ1n) is 5.88. The van der Waals surface area contributed by atoms with Crippen molar-refractivity contribution in [2.75, 3.05) is 0 Å². The summed E-state index contributed by atoms with van der Waals surface area (Å²) in [6.07, 6.45) is 1.32. The fourth-order valence-corrected chi connectivity index (χ4v) is 2.15. The lowest BCUT2D eigenvalue weighted by atomic mass is 10.1. The van der Waals surface area contributed by atoms with Crippen LogP contribution in [0.2, 0.25) is 10.0 Å². The predicted octanol–water partition coefficient (Wildman–Crippen LogP) is 4.08. The molecule has 0 N–H and O–H groups in total. The van der Waals surface area contributed by atoms with Crippen molar-refractivity contribution < 1.29 is 14.3 Å². The Morgan fingerprint density at radius 2 is 1.79 bits per heavy atom. The summed E-state index contributed by atoms with van der Waals surface area (Å²) in [7, 11) is 0. The monoisotopic (exact) mass is 302 g/mol. The zero-order valence-electron chi connectivity index (χ0n) is 11.1. The van der Waals surface area contributed by atoms with Gasteiger partial charge in [0.1, 0.15) is 5.60 Å². The highest BCUT2D eigenvalue weighted by molar-refractivity contribution is 6.38. The fourth-order valence-electron chi connectivity index (χ4n) is 1.53. The van der Waals surface area contributed by atoms with Crippen molar-refractivity contribution in [2.24, 2.45) is 0 Å². The van der Waals surface area contributed by atoms with Gasteiger partial charge in [0, 0.05) is 6.42 Å². The lowest BCUT2D eigenvalue weighted by molar-refractivity contribution is -0.154. The van der Waals surface area contributed by atoms with Gasteiger partial charge in [0.2, 0.25) is 0 Å². The van der Waals surface area contributed by atoms with Crippen molar-refractivity contribution >= 4 is 35.5 Å². The van der Waals surface area contributed by atoms with Crippen molar-refractivity contribution in [1.82, 2.24) is 0 Å². The maximum atomic E-state index is 11.6. The summed E-state index contributed by atoms with van der Waals surface area (Å²) < 4.78 is 5.20. The number of esters is 1. The number of halogens is 2. The van der Waals surface area contributed by atoms with E-state index >= 15 is 0 Å². The third kappa shape index (κ3) is 5.21. The molecule has 5 heteroatoms. The van der Waals surface area contributed by atoms with Crippen LogP contribution in [0.25, 0.3) is 0 Å². The van der Waals surface area contributed by atoms with Crippen LogP contribution >= 0.6 is 23.2 Å². The maximum Gasteiger partial charge on any atom is 0.306 e. The predicted molar refractivity (Wildman–Crippen MR) is 76.0 cm³/mol. The van der Waals surface area contributed by atoms with Gasteiger partial charge in [-0.1, -0.05) is 23.2 Å². The molecule has 0 radical (unpaired) electrons. The van der Waals surface area contributed by atoms with Crippen LogP contribution in [0.4, 0.5) is 0 Å². The number of benzene rings is 1. The van der Waals surface area contributed by atoms with Crippen LogP contribution in [0.5, 0.6) is 0 Å². The minimum absolute atomic E-state index is 0.240. The molecule has 0 fully saturated rings. The first-order valence-corrected chi connectivity index (χ1v) is 6.63. The highest BCUT2D eigenvalue weighted by atomic mass is 35.5. The quantitative estimate of drug-likeness (QED) is 0.622. The molecule has 1 aromatic carbocycles.